The molecule has 86 valence electrons. The molecule has 4 heteroatoms. The van der Waals surface area contributed by atoms with Gasteiger partial charge < -0.3 is 9.47 Å². The summed E-state index contributed by atoms with van der Waals surface area (Å²) in [7, 11) is 0. The first-order valence-electron chi connectivity index (χ1n) is 4.86. The molecule has 2 nitrogen and oxygen atoms in total. The average Bonchev–Trinajstić information content (AvgIpc) is 2.01. The molecule has 0 unspecified atom stereocenters. The molecule has 0 saturated carbocycles. The van der Waals surface area contributed by atoms with E-state index in [9.17, 15) is 8.78 Å². The molecule has 0 atom stereocenters. The molecule has 0 aliphatic rings. The molecule has 0 heterocycles. The van der Waals surface area contributed by atoms with Gasteiger partial charge >= 0.3 is 0 Å². The standard InChI is InChI=1S/C10H20F2O2/c1-5-10(11,12)8-13-6-7-14-9(2,3)4/h5-8H2,1-4H3. The Morgan fingerprint density at radius 3 is 2.07 bits per heavy atom. The Balaban J connectivity index is 3.39. The highest BCUT2D eigenvalue weighted by molar-refractivity contribution is 4.62. The van der Waals surface area contributed by atoms with Crippen molar-refractivity contribution in [1.82, 2.24) is 0 Å². The highest BCUT2D eigenvalue weighted by Crippen LogP contribution is 2.17. The van der Waals surface area contributed by atoms with E-state index in [0.717, 1.165) is 0 Å². The smallest absolute Gasteiger partial charge is 0.270 e. The summed E-state index contributed by atoms with van der Waals surface area (Å²) >= 11 is 0. The molecular formula is C10H20F2O2. The molecule has 0 saturated heterocycles. The zero-order valence-electron chi connectivity index (χ0n) is 9.40. The lowest BCUT2D eigenvalue weighted by molar-refractivity contribution is -0.0981. The molecule has 14 heavy (non-hydrogen) atoms. The van der Waals surface area contributed by atoms with Gasteiger partial charge in [0.2, 0.25) is 0 Å². The van der Waals surface area contributed by atoms with Crippen LogP contribution in [-0.4, -0.2) is 31.3 Å². The van der Waals surface area contributed by atoms with Crippen LogP contribution in [0, 0.1) is 0 Å². The van der Waals surface area contributed by atoms with Crippen LogP contribution in [0.3, 0.4) is 0 Å². The van der Waals surface area contributed by atoms with E-state index in [0.29, 0.717) is 6.61 Å². The number of rotatable bonds is 6. The minimum absolute atomic E-state index is 0.187. The van der Waals surface area contributed by atoms with E-state index in [1.807, 2.05) is 20.8 Å². The second-order valence-electron chi connectivity index (χ2n) is 4.22. The predicted octanol–water partition coefficient (Wildman–Crippen LogP) is 2.86. The maximum absolute atomic E-state index is 12.6. The summed E-state index contributed by atoms with van der Waals surface area (Å²) in [6.07, 6.45) is -0.187. The molecule has 0 bridgehead atoms. The van der Waals surface area contributed by atoms with Crippen molar-refractivity contribution >= 4 is 0 Å². The Kier molecular flexibility index (Phi) is 5.52. The third-order valence-corrected chi connectivity index (χ3v) is 1.59. The molecule has 0 aromatic heterocycles. The van der Waals surface area contributed by atoms with Crippen LogP contribution < -0.4 is 0 Å². The fraction of sp³-hybridized carbons (Fsp3) is 1.00. The van der Waals surface area contributed by atoms with Gasteiger partial charge in [0.15, 0.2) is 0 Å². The van der Waals surface area contributed by atoms with Crippen molar-refractivity contribution in [2.75, 3.05) is 19.8 Å². The summed E-state index contributed by atoms with van der Waals surface area (Å²) in [6, 6.07) is 0. The van der Waals surface area contributed by atoms with Gasteiger partial charge in [0.25, 0.3) is 5.92 Å². The van der Waals surface area contributed by atoms with Crippen molar-refractivity contribution < 1.29 is 18.3 Å². The van der Waals surface area contributed by atoms with Gasteiger partial charge in [-0.2, -0.15) is 0 Å². The summed E-state index contributed by atoms with van der Waals surface area (Å²) in [5.74, 6) is -2.71. The minimum Gasteiger partial charge on any atom is -0.373 e. The van der Waals surface area contributed by atoms with Crippen molar-refractivity contribution in [3.05, 3.63) is 0 Å². The second-order valence-corrected chi connectivity index (χ2v) is 4.22. The molecular weight excluding hydrogens is 190 g/mol. The third kappa shape index (κ3) is 8.38. The first-order chi connectivity index (χ1) is 6.27. The quantitative estimate of drug-likeness (QED) is 0.627. The van der Waals surface area contributed by atoms with E-state index < -0.39 is 12.5 Å². The third-order valence-electron chi connectivity index (χ3n) is 1.59. The summed E-state index contributed by atoms with van der Waals surface area (Å²) in [6.45, 7) is 7.22. The lowest BCUT2D eigenvalue weighted by atomic mass is 10.2. The number of alkyl halides is 2. The summed E-state index contributed by atoms with van der Waals surface area (Å²) < 4.78 is 35.4. The van der Waals surface area contributed by atoms with E-state index in [1.54, 1.807) is 0 Å². The molecule has 0 N–H and O–H groups in total. The van der Waals surface area contributed by atoms with E-state index in [2.05, 4.69) is 0 Å². The van der Waals surface area contributed by atoms with Gasteiger partial charge in [-0.05, 0) is 20.8 Å². The SMILES string of the molecule is CCC(F)(F)COCCOC(C)(C)C. The van der Waals surface area contributed by atoms with Crippen molar-refractivity contribution in [2.24, 2.45) is 0 Å². The Bertz CT molecular complexity index is 153. The lowest BCUT2D eigenvalue weighted by Crippen LogP contribution is -2.26. The molecule has 0 aromatic rings. The Morgan fingerprint density at radius 1 is 1.07 bits per heavy atom. The van der Waals surface area contributed by atoms with Crippen LogP contribution in [-0.2, 0) is 9.47 Å². The highest BCUT2D eigenvalue weighted by Gasteiger charge is 2.26. The maximum Gasteiger partial charge on any atom is 0.270 e. The van der Waals surface area contributed by atoms with Gasteiger partial charge in [0.05, 0.1) is 18.8 Å². The van der Waals surface area contributed by atoms with Crippen LogP contribution in [0.4, 0.5) is 8.78 Å². The van der Waals surface area contributed by atoms with Crippen molar-refractivity contribution in [1.29, 1.82) is 0 Å². The van der Waals surface area contributed by atoms with E-state index >= 15 is 0 Å². The summed E-state index contributed by atoms with van der Waals surface area (Å²) in [5, 5.41) is 0. The number of ether oxygens (including phenoxy) is 2. The van der Waals surface area contributed by atoms with E-state index in [-0.39, 0.29) is 18.6 Å². The molecule has 0 aliphatic heterocycles. The minimum atomic E-state index is -2.71. The maximum atomic E-state index is 12.6. The summed E-state index contributed by atoms with van der Waals surface area (Å²) in [4.78, 5) is 0. The molecule has 0 amide bonds. The van der Waals surface area contributed by atoms with Gasteiger partial charge in [-0.15, -0.1) is 0 Å². The van der Waals surface area contributed by atoms with Crippen molar-refractivity contribution in [2.45, 2.75) is 45.6 Å². The largest absolute Gasteiger partial charge is 0.373 e. The zero-order valence-corrected chi connectivity index (χ0v) is 9.40. The molecule has 0 aromatic carbocycles. The fourth-order valence-electron chi connectivity index (χ4n) is 0.730. The van der Waals surface area contributed by atoms with E-state index in [4.69, 9.17) is 9.47 Å². The van der Waals surface area contributed by atoms with Gasteiger partial charge in [-0.1, -0.05) is 6.92 Å². The van der Waals surface area contributed by atoms with Gasteiger partial charge in [-0.25, -0.2) is 8.78 Å². The monoisotopic (exact) mass is 210 g/mol. The van der Waals surface area contributed by atoms with Crippen LogP contribution in [0.15, 0.2) is 0 Å². The molecule has 0 rings (SSSR count). The van der Waals surface area contributed by atoms with E-state index in [1.165, 1.54) is 6.92 Å². The Morgan fingerprint density at radius 2 is 1.64 bits per heavy atom. The first-order valence-corrected chi connectivity index (χ1v) is 4.86. The number of hydrogen-bond acceptors (Lipinski definition) is 2. The number of hydrogen-bond donors (Lipinski definition) is 0. The first kappa shape index (κ1) is 13.8. The molecule has 0 aliphatic carbocycles. The average molecular weight is 210 g/mol. The van der Waals surface area contributed by atoms with Crippen molar-refractivity contribution in [3.8, 4) is 0 Å². The predicted molar refractivity (Wildman–Crippen MR) is 51.8 cm³/mol. The molecule has 0 radical (unpaired) electrons. The van der Waals surface area contributed by atoms with Gasteiger partial charge in [0, 0.05) is 6.42 Å². The molecule has 0 spiro atoms. The zero-order chi connectivity index (χ0) is 11.2. The Hall–Kier alpha value is -0.220. The van der Waals surface area contributed by atoms with Crippen LogP contribution in [0.5, 0.6) is 0 Å². The van der Waals surface area contributed by atoms with Gasteiger partial charge in [0.1, 0.15) is 6.61 Å². The second kappa shape index (κ2) is 5.61. The highest BCUT2D eigenvalue weighted by atomic mass is 19.3. The fourth-order valence-corrected chi connectivity index (χ4v) is 0.730. The van der Waals surface area contributed by atoms with Crippen LogP contribution in [0.25, 0.3) is 0 Å². The normalized spacial score (nSPS) is 13.3. The lowest BCUT2D eigenvalue weighted by Gasteiger charge is -2.20. The number of halogens is 2. The molecule has 0 fully saturated rings. The van der Waals surface area contributed by atoms with Crippen LogP contribution in [0.1, 0.15) is 34.1 Å². The van der Waals surface area contributed by atoms with Gasteiger partial charge in [-0.3, -0.25) is 0 Å². The summed E-state index contributed by atoms with van der Waals surface area (Å²) in [5.41, 5.74) is -0.239. The van der Waals surface area contributed by atoms with Crippen LogP contribution in [0.2, 0.25) is 0 Å². The Labute approximate surface area is 84.6 Å². The van der Waals surface area contributed by atoms with Crippen molar-refractivity contribution in [3.63, 3.8) is 0 Å². The topological polar surface area (TPSA) is 18.5 Å². The van der Waals surface area contributed by atoms with Crippen LogP contribution >= 0.6 is 0 Å².